The third-order valence-corrected chi connectivity index (χ3v) is 2.35. The molecule has 0 atom stereocenters. The fourth-order valence-electron chi connectivity index (χ4n) is 1.54. The second-order valence-corrected chi connectivity index (χ2v) is 3.50. The van der Waals surface area contributed by atoms with Crippen molar-refractivity contribution >= 4 is 11.6 Å². The lowest BCUT2D eigenvalue weighted by atomic mass is 10.3. The first-order valence-electron chi connectivity index (χ1n) is 4.84. The zero-order valence-corrected chi connectivity index (χ0v) is 8.82. The molecule has 0 radical (unpaired) electrons. The lowest BCUT2D eigenvalue weighted by Gasteiger charge is -1.94. The zero-order valence-electron chi connectivity index (χ0n) is 8.82. The van der Waals surface area contributed by atoms with Crippen LogP contribution in [0.25, 0.3) is 5.65 Å². The van der Waals surface area contributed by atoms with Gasteiger partial charge < -0.3 is 9.72 Å². The van der Waals surface area contributed by atoms with Gasteiger partial charge in [-0.2, -0.15) is 0 Å². The first-order valence-corrected chi connectivity index (χ1v) is 4.84. The summed E-state index contributed by atoms with van der Waals surface area (Å²) in [6, 6.07) is 3.97. The molecule has 4 nitrogen and oxygen atoms in total. The SMILES string of the molecule is CNC(=O)Cc1cn2cccc(C)c2n1. The van der Waals surface area contributed by atoms with Gasteiger partial charge in [-0.1, -0.05) is 6.07 Å². The van der Waals surface area contributed by atoms with Gasteiger partial charge in [0, 0.05) is 19.4 Å². The molecule has 2 aromatic heterocycles. The minimum atomic E-state index is -0.0175. The molecule has 0 saturated heterocycles. The van der Waals surface area contributed by atoms with Crippen LogP contribution in [0.4, 0.5) is 0 Å². The van der Waals surface area contributed by atoms with Gasteiger partial charge in [0.15, 0.2) is 0 Å². The van der Waals surface area contributed by atoms with Gasteiger partial charge in [0.25, 0.3) is 0 Å². The molecule has 0 fully saturated rings. The summed E-state index contributed by atoms with van der Waals surface area (Å²) >= 11 is 0. The van der Waals surface area contributed by atoms with Crippen LogP contribution >= 0.6 is 0 Å². The topological polar surface area (TPSA) is 46.4 Å². The maximum atomic E-state index is 11.2. The first-order chi connectivity index (χ1) is 7.20. The average molecular weight is 203 g/mol. The normalized spacial score (nSPS) is 10.5. The number of nitrogens with zero attached hydrogens (tertiary/aromatic N) is 2. The summed E-state index contributed by atoms with van der Waals surface area (Å²) in [5.41, 5.74) is 2.82. The lowest BCUT2D eigenvalue weighted by Crippen LogP contribution is -2.20. The third-order valence-electron chi connectivity index (χ3n) is 2.35. The van der Waals surface area contributed by atoms with Crippen LogP contribution in [0.2, 0.25) is 0 Å². The summed E-state index contributed by atoms with van der Waals surface area (Å²) in [7, 11) is 1.63. The summed E-state index contributed by atoms with van der Waals surface area (Å²) in [5.74, 6) is -0.0175. The molecule has 78 valence electrons. The van der Waals surface area contributed by atoms with Crippen LogP contribution in [-0.2, 0) is 11.2 Å². The van der Waals surface area contributed by atoms with Crippen LogP contribution in [0.5, 0.6) is 0 Å². The smallest absolute Gasteiger partial charge is 0.225 e. The predicted octanol–water partition coefficient (Wildman–Crippen LogP) is 0.931. The Morgan fingerprint density at radius 2 is 2.40 bits per heavy atom. The van der Waals surface area contributed by atoms with E-state index in [1.807, 2.05) is 35.9 Å². The Kier molecular flexibility index (Phi) is 2.41. The van der Waals surface area contributed by atoms with E-state index in [-0.39, 0.29) is 5.91 Å². The van der Waals surface area contributed by atoms with Crippen molar-refractivity contribution in [3.63, 3.8) is 0 Å². The second kappa shape index (κ2) is 3.73. The summed E-state index contributed by atoms with van der Waals surface area (Å²) in [5, 5.41) is 2.58. The second-order valence-electron chi connectivity index (χ2n) is 3.50. The molecule has 0 saturated carbocycles. The molecule has 0 aliphatic rings. The highest BCUT2D eigenvalue weighted by atomic mass is 16.1. The number of amides is 1. The van der Waals surface area contributed by atoms with Crippen molar-refractivity contribution in [2.45, 2.75) is 13.3 Å². The van der Waals surface area contributed by atoms with Gasteiger partial charge in [0.1, 0.15) is 5.65 Å². The van der Waals surface area contributed by atoms with Crippen LogP contribution in [-0.4, -0.2) is 22.3 Å². The van der Waals surface area contributed by atoms with Gasteiger partial charge in [0.2, 0.25) is 5.91 Å². The number of imidazole rings is 1. The summed E-state index contributed by atoms with van der Waals surface area (Å²) in [4.78, 5) is 15.6. The predicted molar refractivity (Wildman–Crippen MR) is 57.7 cm³/mol. The summed E-state index contributed by atoms with van der Waals surface area (Å²) in [6.45, 7) is 2.01. The van der Waals surface area contributed by atoms with Crippen molar-refractivity contribution in [1.82, 2.24) is 14.7 Å². The largest absolute Gasteiger partial charge is 0.359 e. The van der Waals surface area contributed by atoms with Crippen LogP contribution in [0.15, 0.2) is 24.5 Å². The molecule has 0 aliphatic carbocycles. The summed E-state index contributed by atoms with van der Waals surface area (Å²) < 4.78 is 1.94. The molecule has 1 amide bonds. The Bertz CT molecular complexity index is 502. The molecule has 2 heterocycles. The Morgan fingerprint density at radius 1 is 1.60 bits per heavy atom. The number of aromatic nitrogens is 2. The molecule has 0 unspecified atom stereocenters. The lowest BCUT2D eigenvalue weighted by molar-refractivity contribution is -0.120. The van der Waals surface area contributed by atoms with E-state index >= 15 is 0 Å². The Balaban J connectivity index is 2.39. The number of carbonyl (C=O) groups is 1. The van der Waals surface area contributed by atoms with Crippen LogP contribution in [0, 0.1) is 6.92 Å². The van der Waals surface area contributed by atoms with Crippen molar-refractivity contribution in [3.05, 3.63) is 35.8 Å². The van der Waals surface area contributed by atoms with Crippen LogP contribution in [0.1, 0.15) is 11.3 Å². The molecule has 0 aliphatic heterocycles. The van der Waals surface area contributed by atoms with E-state index < -0.39 is 0 Å². The minimum absolute atomic E-state index is 0.0175. The van der Waals surface area contributed by atoms with Gasteiger partial charge in [0.05, 0.1) is 12.1 Å². The molecular weight excluding hydrogens is 190 g/mol. The van der Waals surface area contributed by atoms with E-state index in [2.05, 4.69) is 10.3 Å². The Labute approximate surface area is 87.9 Å². The molecule has 2 rings (SSSR count). The maximum absolute atomic E-state index is 11.2. The van der Waals surface area contributed by atoms with E-state index in [0.29, 0.717) is 6.42 Å². The fourth-order valence-corrected chi connectivity index (χ4v) is 1.54. The van der Waals surface area contributed by atoms with Crippen LogP contribution < -0.4 is 5.32 Å². The number of rotatable bonds is 2. The molecule has 0 bridgehead atoms. The molecule has 15 heavy (non-hydrogen) atoms. The number of nitrogens with one attached hydrogen (secondary N) is 1. The van der Waals surface area contributed by atoms with Gasteiger partial charge in [-0.25, -0.2) is 4.98 Å². The minimum Gasteiger partial charge on any atom is -0.359 e. The average Bonchev–Trinajstić information content (AvgIpc) is 2.62. The number of hydrogen-bond acceptors (Lipinski definition) is 2. The summed E-state index contributed by atoms with van der Waals surface area (Å²) in [6.07, 6.45) is 4.15. The van der Waals surface area contributed by atoms with E-state index in [1.165, 1.54) is 0 Å². The molecule has 1 N–H and O–H groups in total. The molecular formula is C11H13N3O. The quantitative estimate of drug-likeness (QED) is 0.789. The van der Waals surface area contributed by atoms with Crippen molar-refractivity contribution in [1.29, 1.82) is 0 Å². The zero-order chi connectivity index (χ0) is 10.8. The highest BCUT2D eigenvalue weighted by Crippen LogP contribution is 2.10. The van der Waals surface area contributed by atoms with Crippen molar-refractivity contribution in [2.24, 2.45) is 0 Å². The Morgan fingerprint density at radius 3 is 3.07 bits per heavy atom. The van der Waals surface area contributed by atoms with E-state index in [4.69, 9.17) is 0 Å². The maximum Gasteiger partial charge on any atom is 0.225 e. The molecule has 2 aromatic rings. The van der Waals surface area contributed by atoms with Gasteiger partial charge in [-0.05, 0) is 18.6 Å². The van der Waals surface area contributed by atoms with Gasteiger partial charge >= 0.3 is 0 Å². The number of aryl methyl sites for hydroxylation is 1. The number of carbonyl (C=O) groups excluding carboxylic acids is 1. The molecule has 0 spiro atoms. The number of hydrogen-bond donors (Lipinski definition) is 1. The number of likely N-dealkylation sites (N-methyl/N-ethyl adjacent to an activating group) is 1. The highest BCUT2D eigenvalue weighted by Gasteiger charge is 2.06. The Hall–Kier alpha value is -1.84. The van der Waals surface area contributed by atoms with Gasteiger partial charge in [-0.3, -0.25) is 4.79 Å². The van der Waals surface area contributed by atoms with E-state index in [9.17, 15) is 4.79 Å². The third kappa shape index (κ3) is 1.83. The van der Waals surface area contributed by atoms with Crippen molar-refractivity contribution in [2.75, 3.05) is 7.05 Å². The number of pyridine rings is 1. The van der Waals surface area contributed by atoms with Crippen molar-refractivity contribution < 1.29 is 4.79 Å². The fraction of sp³-hybridized carbons (Fsp3) is 0.273. The first kappa shape index (κ1) is 9.71. The van der Waals surface area contributed by atoms with E-state index in [1.54, 1.807) is 7.05 Å². The molecule has 4 heteroatoms. The standard InChI is InChI=1S/C11H13N3O/c1-8-4-3-5-14-7-9(13-11(8)14)6-10(15)12-2/h3-5,7H,6H2,1-2H3,(H,12,15). The van der Waals surface area contributed by atoms with Crippen molar-refractivity contribution in [3.8, 4) is 0 Å². The molecule has 0 aromatic carbocycles. The van der Waals surface area contributed by atoms with E-state index in [0.717, 1.165) is 16.9 Å². The van der Waals surface area contributed by atoms with Crippen LogP contribution in [0.3, 0.4) is 0 Å². The monoisotopic (exact) mass is 203 g/mol. The number of fused-ring (bicyclic) bond motifs is 1. The van der Waals surface area contributed by atoms with Gasteiger partial charge in [-0.15, -0.1) is 0 Å². The highest BCUT2D eigenvalue weighted by molar-refractivity contribution is 5.77.